The van der Waals surface area contributed by atoms with Gasteiger partial charge in [0.1, 0.15) is 0 Å². The first kappa shape index (κ1) is 16.7. The van der Waals surface area contributed by atoms with Gasteiger partial charge in [-0.1, -0.05) is 44.2 Å². The maximum atomic E-state index is 12.8. The van der Waals surface area contributed by atoms with Gasteiger partial charge in [-0.2, -0.15) is 0 Å². The lowest BCUT2D eigenvalue weighted by Gasteiger charge is -2.44. The Labute approximate surface area is 133 Å². The largest absolute Gasteiger partial charge is 0.295 e. The van der Waals surface area contributed by atoms with Gasteiger partial charge in [0.15, 0.2) is 11.6 Å². The van der Waals surface area contributed by atoms with Gasteiger partial charge in [-0.3, -0.25) is 9.59 Å². The van der Waals surface area contributed by atoms with Crippen molar-refractivity contribution in [3.05, 3.63) is 48.6 Å². The molecule has 2 aliphatic rings. The second-order valence-corrected chi connectivity index (χ2v) is 7.31. The van der Waals surface area contributed by atoms with Crippen LogP contribution in [0.25, 0.3) is 0 Å². The summed E-state index contributed by atoms with van der Waals surface area (Å²) < 4.78 is 0. The summed E-state index contributed by atoms with van der Waals surface area (Å²) >= 11 is 0. The van der Waals surface area contributed by atoms with Crippen molar-refractivity contribution in [1.82, 2.24) is 0 Å². The van der Waals surface area contributed by atoms with E-state index in [0.29, 0.717) is 0 Å². The molecule has 0 unspecified atom stereocenters. The SMILES string of the molecule is C=C[C@@H]1[C@@H]([C@H]2C(=O)C(C)=CC[C@@H]2C(=C)C)C(=O)C=CC1(C)C. The number of rotatable bonds is 3. The first-order chi connectivity index (χ1) is 10.2. The molecule has 0 heterocycles. The number of hydrogen-bond donors (Lipinski definition) is 0. The van der Waals surface area contributed by atoms with Crippen LogP contribution in [0.5, 0.6) is 0 Å². The van der Waals surface area contributed by atoms with Gasteiger partial charge in [0.05, 0.1) is 0 Å². The molecule has 22 heavy (non-hydrogen) atoms. The van der Waals surface area contributed by atoms with E-state index in [1.54, 1.807) is 6.08 Å². The average Bonchev–Trinajstić information content (AvgIpc) is 2.44. The summed E-state index contributed by atoms with van der Waals surface area (Å²) in [6, 6.07) is 0. The van der Waals surface area contributed by atoms with Crippen LogP contribution in [-0.4, -0.2) is 11.6 Å². The van der Waals surface area contributed by atoms with E-state index in [4.69, 9.17) is 0 Å². The third kappa shape index (κ3) is 2.67. The van der Waals surface area contributed by atoms with Crippen molar-refractivity contribution in [2.45, 2.75) is 34.1 Å². The maximum absolute atomic E-state index is 12.8. The van der Waals surface area contributed by atoms with Crippen LogP contribution in [0.15, 0.2) is 48.6 Å². The van der Waals surface area contributed by atoms with Gasteiger partial charge in [-0.15, -0.1) is 6.58 Å². The van der Waals surface area contributed by atoms with Crippen molar-refractivity contribution in [3.63, 3.8) is 0 Å². The maximum Gasteiger partial charge on any atom is 0.162 e. The van der Waals surface area contributed by atoms with E-state index in [-0.39, 0.29) is 40.7 Å². The molecule has 0 amide bonds. The fraction of sp³-hybridized carbons (Fsp3) is 0.500. The fourth-order valence-corrected chi connectivity index (χ4v) is 3.93. The van der Waals surface area contributed by atoms with E-state index in [9.17, 15) is 9.59 Å². The molecule has 0 spiro atoms. The van der Waals surface area contributed by atoms with E-state index in [1.165, 1.54) is 0 Å². The Balaban J connectivity index is 2.54. The highest BCUT2D eigenvalue weighted by atomic mass is 16.1. The average molecular weight is 298 g/mol. The molecular weight excluding hydrogens is 272 g/mol. The quantitative estimate of drug-likeness (QED) is 0.728. The summed E-state index contributed by atoms with van der Waals surface area (Å²) in [5.74, 6) is -0.516. The van der Waals surface area contributed by atoms with Gasteiger partial charge in [0.25, 0.3) is 0 Å². The molecule has 0 fully saturated rings. The highest BCUT2D eigenvalue weighted by molar-refractivity contribution is 6.03. The molecule has 0 saturated carbocycles. The Morgan fingerprint density at radius 3 is 2.50 bits per heavy atom. The molecule has 2 heteroatoms. The Hall–Kier alpha value is -1.70. The van der Waals surface area contributed by atoms with Crippen molar-refractivity contribution in [1.29, 1.82) is 0 Å². The summed E-state index contributed by atoms with van der Waals surface area (Å²) in [7, 11) is 0. The summed E-state index contributed by atoms with van der Waals surface area (Å²) in [6.07, 6.45) is 8.22. The lowest BCUT2D eigenvalue weighted by Crippen LogP contribution is -2.46. The molecule has 4 atom stereocenters. The van der Waals surface area contributed by atoms with E-state index in [1.807, 2.05) is 32.1 Å². The zero-order chi connectivity index (χ0) is 16.7. The van der Waals surface area contributed by atoms with Crippen molar-refractivity contribution in [2.75, 3.05) is 0 Å². The normalized spacial score (nSPS) is 34.3. The summed E-state index contributed by atoms with van der Waals surface area (Å²) in [6.45, 7) is 16.0. The van der Waals surface area contributed by atoms with Crippen LogP contribution in [0.1, 0.15) is 34.1 Å². The van der Waals surface area contributed by atoms with Crippen molar-refractivity contribution in [3.8, 4) is 0 Å². The standard InChI is InChI=1S/C20H26O2/c1-7-15-18(16(21)10-11-20(15,5)6)17-14(12(2)3)9-8-13(4)19(17)22/h7-8,10-11,14-15,17-18H,1-2,9H2,3-6H3/t14-,15-,17+,18-/m1/s1. The Morgan fingerprint density at radius 1 is 1.32 bits per heavy atom. The molecule has 0 radical (unpaired) electrons. The number of carbonyl (C=O) groups is 2. The smallest absolute Gasteiger partial charge is 0.162 e. The van der Waals surface area contributed by atoms with Gasteiger partial charge in [0, 0.05) is 11.8 Å². The van der Waals surface area contributed by atoms with Gasteiger partial charge < -0.3 is 0 Å². The Morgan fingerprint density at radius 2 is 1.95 bits per heavy atom. The molecule has 0 aliphatic heterocycles. The lowest BCUT2D eigenvalue weighted by atomic mass is 9.57. The van der Waals surface area contributed by atoms with Gasteiger partial charge in [-0.25, -0.2) is 0 Å². The topological polar surface area (TPSA) is 34.1 Å². The lowest BCUT2D eigenvalue weighted by molar-refractivity contribution is -0.133. The molecule has 0 N–H and O–H groups in total. The van der Waals surface area contributed by atoms with Crippen LogP contribution in [0.2, 0.25) is 0 Å². The minimum Gasteiger partial charge on any atom is -0.295 e. The zero-order valence-electron chi connectivity index (χ0n) is 14.1. The first-order valence-corrected chi connectivity index (χ1v) is 7.92. The number of ketones is 2. The van der Waals surface area contributed by atoms with Crippen LogP contribution in [0.4, 0.5) is 0 Å². The van der Waals surface area contributed by atoms with Gasteiger partial charge >= 0.3 is 0 Å². The molecule has 0 aromatic rings. The summed E-state index contributed by atoms with van der Waals surface area (Å²) in [5, 5.41) is 0. The zero-order valence-corrected chi connectivity index (χ0v) is 14.1. The molecule has 0 aromatic carbocycles. The first-order valence-electron chi connectivity index (χ1n) is 7.92. The number of carbonyl (C=O) groups excluding carboxylic acids is 2. The fourth-order valence-electron chi connectivity index (χ4n) is 3.93. The number of Topliss-reactive ketones (excluding diaryl/α,β-unsaturated/α-hetero) is 1. The van der Waals surface area contributed by atoms with E-state index < -0.39 is 0 Å². The summed E-state index contributed by atoms with van der Waals surface area (Å²) in [4.78, 5) is 25.5. The van der Waals surface area contributed by atoms with E-state index >= 15 is 0 Å². The molecule has 2 nitrogen and oxygen atoms in total. The molecule has 118 valence electrons. The Kier molecular flexibility index (Phi) is 4.42. The third-order valence-corrected chi connectivity index (χ3v) is 5.33. The summed E-state index contributed by atoms with van der Waals surface area (Å²) in [5.41, 5.74) is 1.57. The molecule has 0 aromatic heterocycles. The predicted octanol–water partition coefficient (Wildman–Crippen LogP) is 4.30. The number of hydrogen-bond acceptors (Lipinski definition) is 2. The van der Waals surface area contributed by atoms with Crippen LogP contribution in [0.3, 0.4) is 0 Å². The number of allylic oxidation sites excluding steroid dienone is 6. The van der Waals surface area contributed by atoms with Gasteiger partial charge in [0.2, 0.25) is 0 Å². The minimum absolute atomic E-state index is 0.0355. The minimum atomic E-state index is -0.338. The predicted molar refractivity (Wildman–Crippen MR) is 90.3 cm³/mol. The molecular formula is C20H26O2. The third-order valence-electron chi connectivity index (χ3n) is 5.33. The van der Waals surface area contributed by atoms with E-state index in [2.05, 4.69) is 27.0 Å². The Bertz CT molecular complexity index is 589. The second-order valence-electron chi connectivity index (χ2n) is 7.31. The van der Waals surface area contributed by atoms with E-state index in [0.717, 1.165) is 17.6 Å². The molecule has 0 bridgehead atoms. The van der Waals surface area contributed by atoms with Crippen LogP contribution in [-0.2, 0) is 9.59 Å². The monoisotopic (exact) mass is 298 g/mol. The van der Waals surface area contributed by atoms with Crippen LogP contribution in [0, 0.1) is 29.1 Å². The highest BCUT2D eigenvalue weighted by Gasteiger charge is 2.48. The molecule has 0 saturated heterocycles. The van der Waals surface area contributed by atoms with Crippen molar-refractivity contribution >= 4 is 11.6 Å². The van der Waals surface area contributed by atoms with Crippen molar-refractivity contribution in [2.24, 2.45) is 29.1 Å². The van der Waals surface area contributed by atoms with Crippen molar-refractivity contribution < 1.29 is 9.59 Å². The van der Waals surface area contributed by atoms with Crippen LogP contribution >= 0.6 is 0 Å². The highest BCUT2D eigenvalue weighted by Crippen LogP contribution is 2.47. The van der Waals surface area contributed by atoms with Crippen LogP contribution < -0.4 is 0 Å². The molecule has 2 aliphatic carbocycles. The van der Waals surface area contributed by atoms with Gasteiger partial charge in [-0.05, 0) is 49.2 Å². The second kappa shape index (κ2) is 5.83. The molecule has 2 rings (SSSR count).